The van der Waals surface area contributed by atoms with Crippen LogP contribution in [0.4, 0.5) is 0 Å². The van der Waals surface area contributed by atoms with Crippen LogP contribution in [0.3, 0.4) is 0 Å². The van der Waals surface area contributed by atoms with Gasteiger partial charge in [0.1, 0.15) is 0 Å². The van der Waals surface area contributed by atoms with Crippen molar-refractivity contribution in [3.05, 3.63) is 56.7 Å². The number of benzene rings is 2. The van der Waals surface area contributed by atoms with Crippen molar-refractivity contribution in [1.29, 1.82) is 0 Å². The lowest BCUT2D eigenvalue weighted by molar-refractivity contribution is 0.0696. The second-order valence-corrected chi connectivity index (χ2v) is 5.04. The van der Waals surface area contributed by atoms with E-state index < -0.39 is 5.97 Å². The number of fused-ring (bicyclic) bond motifs is 2. The standard InChI is InChI=1S/C14H8BrNO3/c15-10-5-9-12(6-8(10)14(18)19)16-11-4-2-1-3-7(11)13(9)17/h1-6H,(H,16,17)(H,18,19). The van der Waals surface area contributed by atoms with Gasteiger partial charge >= 0.3 is 5.97 Å². The van der Waals surface area contributed by atoms with E-state index in [1.165, 1.54) is 6.07 Å². The second kappa shape index (κ2) is 4.20. The van der Waals surface area contributed by atoms with Gasteiger partial charge in [0.2, 0.25) is 0 Å². The minimum atomic E-state index is -1.04. The molecule has 1 aromatic heterocycles. The van der Waals surface area contributed by atoms with Gasteiger partial charge in [0.25, 0.3) is 0 Å². The highest BCUT2D eigenvalue weighted by atomic mass is 79.9. The minimum absolute atomic E-state index is 0.109. The Morgan fingerprint density at radius 1 is 1.11 bits per heavy atom. The molecule has 0 bridgehead atoms. The van der Waals surface area contributed by atoms with Crippen LogP contribution >= 0.6 is 15.9 Å². The Balaban J connectivity index is 2.52. The van der Waals surface area contributed by atoms with Gasteiger partial charge in [-0.3, -0.25) is 4.79 Å². The average molecular weight is 318 g/mol. The van der Waals surface area contributed by atoms with Crippen molar-refractivity contribution >= 4 is 43.7 Å². The summed E-state index contributed by atoms with van der Waals surface area (Å²) >= 11 is 3.18. The van der Waals surface area contributed by atoms with Crippen molar-refractivity contribution in [3.63, 3.8) is 0 Å². The molecular weight excluding hydrogens is 310 g/mol. The van der Waals surface area contributed by atoms with Crippen molar-refractivity contribution in [1.82, 2.24) is 4.98 Å². The molecule has 1 heterocycles. The first-order valence-electron chi connectivity index (χ1n) is 5.55. The van der Waals surface area contributed by atoms with E-state index in [1.807, 2.05) is 6.07 Å². The number of nitrogens with one attached hydrogen (secondary N) is 1. The number of aromatic nitrogens is 1. The maximum Gasteiger partial charge on any atom is 0.336 e. The molecule has 0 aliphatic rings. The van der Waals surface area contributed by atoms with Gasteiger partial charge in [-0.2, -0.15) is 0 Å². The Hall–Kier alpha value is -2.14. The zero-order valence-electron chi connectivity index (χ0n) is 9.61. The van der Waals surface area contributed by atoms with Crippen molar-refractivity contribution in [2.24, 2.45) is 0 Å². The number of carboxylic acids is 1. The lowest BCUT2D eigenvalue weighted by Crippen LogP contribution is -2.06. The van der Waals surface area contributed by atoms with Crippen LogP contribution in [0.1, 0.15) is 10.4 Å². The van der Waals surface area contributed by atoms with Gasteiger partial charge in [0, 0.05) is 20.8 Å². The predicted octanol–water partition coefficient (Wildman–Crippen LogP) is 3.14. The monoisotopic (exact) mass is 317 g/mol. The molecule has 4 nitrogen and oxygen atoms in total. The molecule has 2 N–H and O–H groups in total. The van der Waals surface area contributed by atoms with Crippen LogP contribution in [0.15, 0.2) is 45.7 Å². The molecule has 3 aromatic rings. The Morgan fingerprint density at radius 2 is 1.84 bits per heavy atom. The summed E-state index contributed by atoms with van der Waals surface area (Å²) in [5, 5.41) is 10.1. The molecule has 0 fully saturated rings. The van der Waals surface area contributed by atoms with Gasteiger partial charge in [-0.05, 0) is 40.2 Å². The molecule has 0 saturated carbocycles. The van der Waals surface area contributed by atoms with Crippen LogP contribution in [0.2, 0.25) is 0 Å². The van der Waals surface area contributed by atoms with Gasteiger partial charge in [-0.25, -0.2) is 4.79 Å². The number of hydrogen-bond acceptors (Lipinski definition) is 2. The summed E-state index contributed by atoms with van der Waals surface area (Å²) in [7, 11) is 0. The van der Waals surface area contributed by atoms with E-state index in [0.717, 1.165) is 0 Å². The molecule has 0 spiro atoms. The Morgan fingerprint density at radius 3 is 2.58 bits per heavy atom. The summed E-state index contributed by atoms with van der Waals surface area (Å²) in [6.45, 7) is 0. The molecule has 0 amide bonds. The van der Waals surface area contributed by atoms with Crippen LogP contribution in [-0.2, 0) is 0 Å². The number of hydrogen-bond donors (Lipinski definition) is 2. The largest absolute Gasteiger partial charge is 0.478 e. The summed E-state index contributed by atoms with van der Waals surface area (Å²) in [4.78, 5) is 26.5. The molecule has 19 heavy (non-hydrogen) atoms. The SMILES string of the molecule is O=C(O)c1cc2[nH]c3ccccc3c(=O)c2cc1Br. The van der Waals surface area contributed by atoms with Crippen molar-refractivity contribution in [3.8, 4) is 0 Å². The first-order chi connectivity index (χ1) is 9.08. The number of rotatable bonds is 1. The molecule has 0 saturated heterocycles. The molecule has 5 heteroatoms. The first-order valence-corrected chi connectivity index (χ1v) is 6.35. The number of H-pyrrole nitrogens is 1. The lowest BCUT2D eigenvalue weighted by atomic mass is 10.1. The number of halogens is 1. The highest BCUT2D eigenvalue weighted by Crippen LogP contribution is 2.23. The number of carbonyl (C=O) groups is 1. The van der Waals surface area contributed by atoms with Crippen LogP contribution in [0, 0.1) is 0 Å². The minimum Gasteiger partial charge on any atom is -0.478 e. The maximum absolute atomic E-state index is 12.3. The Kier molecular flexibility index (Phi) is 2.64. The Bertz CT molecular complexity index is 883. The summed E-state index contributed by atoms with van der Waals surface area (Å²) in [6, 6.07) is 10.2. The Labute approximate surface area is 115 Å². The van der Waals surface area contributed by atoms with E-state index in [0.29, 0.717) is 26.3 Å². The van der Waals surface area contributed by atoms with E-state index in [9.17, 15) is 9.59 Å². The lowest BCUT2D eigenvalue weighted by Gasteiger charge is -2.05. The van der Waals surface area contributed by atoms with E-state index >= 15 is 0 Å². The topological polar surface area (TPSA) is 70.2 Å². The molecule has 3 rings (SSSR count). The van der Waals surface area contributed by atoms with Gasteiger partial charge in [0.05, 0.1) is 11.1 Å². The maximum atomic E-state index is 12.3. The highest BCUT2D eigenvalue weighted by Gasteiger charge is 2.12. The van der Waals surface area contributed by atoms with E-state index in [2.05, 4.69) is 20.9 Å². The smallest absolute Gasteiger partial charge is 0.336 e. The number of aromatic amines is 1. The van der Waals surface area contributed by atoms with Gasteiger partial charge < -0.3 is 10.1 Å². The second-order valence-electron chi connectivity index (χ2n) is 4.18. The fraction of sp³-hybridized carbons (Fsp3) is 0. The predicted molar refractivity (Wildman–Crippen MR) is 76.7 cm³/mol. The first kappa shape index (κ1) is 11.9. The van der Waals surface area contributed by atoms with Crippen LogP contribution in [0.25, 0.3) is 21.8 Å². The van der Waals surface area contributed by atoms with E-state index in [1.54, 1.807) is 24.3 Å². The molecule has 0 atom stereocenters. The third kappa shape index (κ3) is 1.82. The third-order valence-corrected chi connectivity index (χ3v) is 3.68. The molecule has 2 aromatic carbocycles. The third-order valence-electron chi connectivity index (χ3n) is 3.02. The van der Waals surface area contributed by atoms with Crippen LogP contribution in [0.5, 0.6) is 0 Å². The molecular formula is C14H8BrNO3. The van der Waals surface area contributed by atoms with Crippen molar-refractivity contribution < 1.29 is 9.90 Å². The van der Waals surface area contributed by atoms with Crippen LogP contribution in [-0.4, -0.2) is 16.1 Å². The normalized spacial score (nSPS) is 11.0. The number of aromatic carboxylic acids is 1. The highest BCUT2D eigenvalue weighted by molar-refractivity contribution is 9.10. The van der Waals surface area contributed by atoms with E-state index in [4.69, 9.17) is 5.11 Å². The van der Waals surface area contributed by atoms with Gasteiger partial charge in [0.15, 0.2) is 5.43 Å². The zero-order chi connectivity index (χ0) is 13.6. The fourth-order valence-corrected chi connectivity index (χ4v) is 2.62. The molecule has 0 unspecified atom stereocenters. The summed E-state index contributed by atoms with van der Waals surface area (Å²) in [5.41, 5.74) is 1.23. The average Bonchev–Trinajstić information content (AvgIpc) is 2.39. The van der Waals surface area contributed by atoms with Gasteiger partial charge in [-0.15, -0.1) is 0 Å². The summed E-state index contributed by atoms with van der Waals surface area (Å²) in [5.74, 6) is -1.04. The fourth-order valence-electron chi connectivity index (χ4n) is 2.11. The molecule has 0 aliphatic heterocycles. The molecule has 94 valence electrons. The van der Waals surface area contributed by atoms with Crippen molar-refractivity contribution in [2.75, 3.05) is 0 Å². The molecule has 0 radical (unpaired) electrons. The summed E-state index contributed by atoms with van der Waals surface area (Å²) < 4.78 is 0.397. The quantitative estimate of drug-likeness (QED) is 0.677. The zero-order valence-corrected chi connectivity index (χ0v) is 11.2. The number of carboxylic acid groups (broad SMARTS) is 1. The number of pyridine rings is 1. The number of para-hydroxylation sites is 1. The van der Waals surface area contributed by atoms with E-state index in [-0.39, 0.29) is 11.0 Å². The van der Waals surface area contributed by atoms with Crippen molar-refractivity contribution in [2.45, 2.75) is 0 Å². The van der Waals surface area contributed by atoms with Crippen LogP contribution < -0.4 is 5.43 Å². The molecule has 0 aliphatic carbocycles. The summed E-state index contributed by atoms with van der Waals surface area (Å²) in [6.07, 6.45) is 0. The van der Waals surface area contributed by atoms with Gasteiger partial charge in [-0.1, -0.05) is 12.1 Å².